The highest BCUT2D eigenvalue weighted by atomic mass is 35.5. The molecule has 142 valence electrons. The lowest BCUT2D eigenvalue weighted by molar-refractivity contribution is -0.133. The predicted molar refractivity (Wildman–Crippen MR) is 105 cm³/mol. The van der Waals surface area contributed by atoms with Gasteiger partial charge < -0.3 is 15.0 Å². The Morgan fingerprint density at radius 2 is 2.04 bits per heavy atom. The summed E-state index contributed by atoms with van der Waals surface area (Å²) in [5.41, 5.74) is 1.41. The van der Waals surface area contributed by atoms with Crippen molar-refractivity contribution in [1.29, 1.82) is 0 Å². The van der Waals surface area contributed by atoms with Crippen LogP contribution in [0.25, 0.3) is 0 Å². The van der Waals surface area contributed by atoms with Crippen molar-refractivity contribution in [1.82, 2.24) is 10.2 Å². The van der Waals surface area contributed by atoms with Gasteiger partial charge in [-0.25, -0.2) is 0 Å². The molecule has 2 aromatic carbocycles. The van der Waals surface area contributed by atoms with Crippen molar-refractivity contribution in [2.45, 2.75) is 31.8 Å². The minimum atomic E-state index is -0.538. The van der Waals surface area contributed by atoms with E-state index in [-0.39, 0.29) is 11.8 Å². The van der Waals surface area contributed by atoms with Crippen LogP contribution in [0.1, 0.15) is 35.2 Å². The van der Waals surface area contributed by atoms with E-state index in [1.54, 1.807) is 29.2 Å². The molecule has 1 fully saturated rings. The second kappa shape index (κ2) is 8.91. The summed E-state index contributed by atoms with van der Waals surface area (Å²) in [6, 6.07) is 14.0. The lowest BCUT2D eigenvalue weighted by Crippen LogP contribution is -2.47. The average molecular weight is 387 g/mol. The third-order valence-electron chi connectivity index (χ3n) is 4.70. The van der Waals surface area contributed by atoms with E-state index >= 15 is 0 Å². The third kappa shape index (κ3) is 4.80. The summed E-state index contributed by atoms with van der Waals surface area (Å²) in [5, 5.41) is 3.54. The minimum Gasteiger partial charge on any atom is -0.496 e. The number of likely N-dealkylation sites (tertiary alicyclic amines) is 1. The van der Waals surface area contributed by atoms with E-state index in [9.17, 15) is 9.59 Å². The monoisotopic (exact) mass is 386 g/mol. The van der Waals surface area contributed by atoms with E-state index in [1.165, 1.54) is 7.11 Å². The highest BCUT2D eigenvalue weighted by molar-refractivity contribution is 6.30. The maximum Gasteiger partial charge on any atom is 0.255 e. The summed E-state index contributed by atoms with van der Waals surface area (Å²) in [7, 11) is 1.52. The van der Waals surface area contributed by atoms with E-state index in [1.807, 2.05) is 24.3 Å². The normalized spacial score (nSPS) is 17.3. The minimum absolute atomic E-state index is 0.0595. The van der Waals surface area contributed by atoms with Gasteiger partial charge in [-0.05, 0) is 49.1 Å². The molecular formula is C21H23ClN2O3. The van der Waals surface area contributed by atoms with E-state index in [2.05, 4.69) is 5.32 Å². The van der Waals surface area contributed by atoms with Crippen molar-refractivity contribution in [2.24, 2.45) is 0 Å². The van der Waals surface area contributed by atoms with E-state index < -0.39 is 6.04 Å². The Kier molecular flexibility index (Phi) is 6.35. The zero-order valence-electron chi connectivity index (χ0n) is 15.3. The Morgan fingerprint density at radius 3 is 2.81 bits per heavy atom. The average Bonchev–Trinajstić information content (AvgIpc) is 2.84. The molecule has 0 saturated carbocycles. The highest BCUT2D eigenvalue weighted by Crippen LogP contribution is 2.20. The molecule has 2 aromatic rings. The van der Waals surface area contributed by atoms with Gasteiger partial charge in [-0.1, -0.05) is 35.9 Å². The molecule has 6 heteroatoms. The molecule has 1 saturated heterocycles. The van der Waals surface area contributed by atoms with Gasteiger partial charge >= 0.3 is 0 Å². The van der Waals surface area contributed by atoms with Gasteiger partial charge in [0.05, 0.1) is 12.7 Å². The van der Waals surface area contributed by atoms with Crippen molar-refractivity contribution >= 4 is 23.4 Å². The van der Waals surface area contributed by atoms with Crippen LogP contribution < -0.4 is 10.1 Å². The van der Waals surface area contributed by atoms with E-state index in [0.29, 0.717) is 35.8 Å². The summed E-state index contributed by atoms with van der Waals surface area (Å²) >= 11 is 6.05. The lowest BCUT2D eigenvalue weighted by Gasteiger charge is -2.25. The van der Waals surface area contributed by atoms with Gasteiger partial charge in [-0.3, -0.25) is 9.59 Å². The Bertz CT molecular complexity index is 825. The number of hydrogen-bond donors (Lipinski definition) is 1. The zero-order valence-corrected chi connectivity index (χ0v) is 16.0. The summed E-state index contributed by atoms with van der Waals surface area (Å²) in [6.07, 6.45) is 2.42. The Morgan fingerprint density at radius 1 is 1.22 bits per heavy atom. The number of para-hydroxylation sites is 1. The van der Waals surface area contributed by atoms with Crippen LogP contribution in [0.2, 0.25) is 5.02 Å². The van der Waals surface area contributed by atoms with Crippen molar-refractivity contribution < 1.29 is 14.3 Å². The smallest absolute Gasteiger partial charge is 0.255 e. The first-order chi connectivity index (χ1) is 13.1. The molecule has 0 aromatic heterocycles. The number of carbonyl (C=O) groups is 2. The largest absolute Gasteiger partial charge is 0.496 e. The summed E-state index contributed by atoms with van der Waals surface area (Å²) in [6.45, 7) is 1.16. The van der Waals surface area contributed by atoms with Crippen LogP contribution in [0.4, 0.5) is 0 Å². The van der Waals surface area contributed by atoms with Crippen LogP contribution in [0, 0.1) is 0 Å². The molecular weight excluding hydrogens is 364 g/mol. The van der Waals surface area contributed by atoms with Crippen molar-refractivity contribution in [2.75, 3.05) is 13.7 Å². The first-order valence-corrected chi connectivity index (χ1v) is 9.43. The number of hydrogen-bond acceptors (Lipinski definition) is 3. The molecule has 3 rings (SSSR count). The van der Waals surface area contributed by atoms with Crippen molar-refractivity contribution in [3.63, 3.8) is 0 Å². The SMILES string of the molecule is COc1ccccc1C(=O)NC1CCCCN(Cc2cccc(Cl)c2)C1=O. The van der Waals surface area contributed by atoms with Crippen LogP contribution in [-0.4, -0.2) is 36.4 Å². The van der Waals surface area contributed by atoms with Crippen LogP contribution in [0.3, 0.4) is 0 Å². The molecule has 0 radical (unpaired) electrons. The van der Waals surface area contributed by atoms with E-state index in [0.717, 1.165) is 18.4 Å². The second-order valence-corrected chi connectivity index (χ2v) is 7.05. The molecule has 0 spiro atoms. The number of carbonyl (C=O) groups excluding carboxylic acids is 2. The first-order valence-electron chi connectivity index (χ1n) is 9.05. The second-order valence-electron chi connectivity index (χ2n) is 6.61. The van der Waals surface area contributed by atoms with E-state index in [4.69, 9.17) is 16.3 Å². The van der Waals surface area contributed by atoms with Crippen LogP contribution >= 0.6 is 11.6 Å². The van der Waals surface area contributed by atoms with Gasteiger partial charge in [0.25, 0.3) is 5.91 Å². The Balaban J connectivity index is 1.73. The fraction of sp³-hybridized carbons (Fsp3) is 0.333. The van der Waals surface area contributed by atoms with Crippen molar-refractivity contribution in [3.8, 4) is 5.75 Å². The summed E-state index contributed by atoms with van der Waals surface area (Å²) in [5.74, 6) is 0.137. The number of ether oxygens (including phenoxy) is 1. The molecule has 0 bridgehead atoms. The lowest BCUT2D eigenvalue weighted by atomic mass is 10.1. The molecule has 5 nitrogen and oxygen atoms in total. The third-order valence-corrected chi connectivity index (χ3v) is 4.94. The summed E-state index contributed by atoms with van der Waals surface area (Å²) < 4.78 is 5.25. The predicted octanol–water partition coefficient (Wildman–Crippen LogP) is 3.66. The number of halogens is 1. The standard InChI is InChI=1S/C21H23ClN2O3/c1-27-19-11-3-2-9-17(19)20(25)23-18-10-4-5-12-24(21(18)26)14-15-7-6-8-16(22)13-15/h2-3,6-9,11,13,18H,4-5,10,12,14H2,1H3,(H,23,25). The number of amides is 2. The molecule has 1 unspecified atom stereocenters. The van der Waals surface area contributed by atoms with Gasteiger partial charge in [-0.2, -0.15) is 0 Å². The number of nitrogens with zero attached hydrogens (tertiary/aromatic N) is 1. The van der Waals surface area contributed by atoms with Gasteiger partial charge in [0.15, 0.2) is 0 Å². The highest BCUT2D eigenvalue weighted by Gasteiger charge is 2.29. The molecule has 1 N–H and O–H groups in total. The molecule has 1 heterocycles. The van der Waals surface area contributed by atoms with Gasteiger partial charge in [0.2, 0.25) is 5.91 Å². The van der Waals surface area contributed by atoms with Gasteiger partial charge in [0.1, 0.15) is 11.8 Å². The Hall–Kier alpha value is -2.53. The van der Waals surface area contributed by atoms with Crippen LogP contribution in [0.15, 0.2) is 48.5 Å². The van der Waals surface area contributed by atoms with Gasteiger partial charge in [0, 0.05) is 18.1 Å². The van der Waals surface area contributed by atoms with Crippen LogP contribution in [0.5, 0.6) is 5.75 Å². The fourth-order valence-electron chi connectivity index (χ4n) is 3.32. The number of benzene rings is 2. The zero-order chi connectivity index (χ0) is 19.2. The van der Waals surface area contributed by atoms with Crippen molar-refractivity contribution in [3.05, 3.63) is 64.7 Å². The Labute approximate surface area is 164 Å². The molecule has 2 amide bonds. The molecule has 0 aliphatic carbocycles. The van der Waals surface area contributed by atoms with Gasteiger partial charge in [-0.15, -0.1) is 0 Å². The summed E-state index contributed by atoms with van der Waals surface area (Å²) in [4.78, 5) is 27.5. The van der Waals surface area contributed by atoms with Crippen LogP contribution in [-0.2, 0) is 11.3 Å². The molecule has 1 atom stereocenters. The maximum atomic E-state index is 13.0. The molecule has 1 aliphatic rings. The number of methoxy groups -OCH3 is 1. The quantitative estimate of drug-likeness (QED) is 0.853. The first kappa shape index (κ1) is 19.2. The topological polar surface area (TPSA) is 58.6 Å². The molecule has 1 aliphatic heterocycles. The number of rotatable bonds is 5. The fourth-order valence-corrected chi connectivity index (χ4v) is 3.53. The molecule has 27 heavy (non-hydrogen) atoms. The maximum absolute atomic E-state index is 13.0. The number of nitrogens with one attached hydrogen (secondary N) is 1.